The van der Waals surface area contributed by atoms with Gasteiger partial charge in [0.25, 0.3) is 11.8 Å². The van der Waals surface area contributed by atoms with E-state index in [9.17, 15) is 31.9 Å². The van der Waals surface area contributed by atoms with Gasteiger partial charge < -0.3 is 10.6 Å². The molecule has 5 nitrogen and oxygen atoms in total. The van der Waals surface area contributed by atoms with Crippen molar-refractivity contribution in [3.63, 3.8) is 0 Å². The maximum atomic E-state index is 14.0. The summed E-state index contributed by atoms with van der Waals surface area (Å²) < 4.78 is 53.4. The number of carbonyl (C=O) groups excluding carboxylic acids is 3. The van der Waals surface area contributed by atoms with Crippen LogP contribution in [0.1, 0.15) is 21.5 Å². The van der Waals surface area contributed by atoms with Gasteiger partial charge in [-0.05, 0) is 17.7 Å². The molecule has 28 heavy (non-hydrogen) atoms. The maximum Gasteiger partial charge on any atom is 0.417 e. The normalized spacial score (nSPS) is 12.2. The summed E-state index contributed by atoms with van der Waals surface area (Å²) in [5, 5.41) is 4.16. The molecule has 2 rings (SSSR count). The van der Waals surface area contributed by atoms with E-state index >= 15 is 0 Å². The third-order valence-corrected chi connectivity index (χ3v) is 3.90. The lowest BCUT2D eigenvalue weighted by molar-refractivity contribution is -0.138. The predicted octanol–water partition coefficient (Wildman–Crippen LogP) is 2.50. The zero-order valence-corrected chi connectivity index (χ0v) is 14.6. The third-order valence-electron chi connectivity index (χ3n) is 3.90. The number of benzene rings is 2. The number of carbonyl (C=O) groups is 3. The fourth-order valence-electron chi connectivity index (χ4n) is 2.56. The van der Waals surface area contributed by atoms with Crippen molar-refractivity contribution in [2.24, 2.45) is 0 Å². The molecular weight excluding hydrogens is 380 g/mol. The van der Waals surface area contributed by atoms with Gasteiger partial charge >= 0.3 is 6.18 Å². The quantitative estimate of drug-likeness (QED) is 0.582. The van der Waals surface area contributed by atoms with Crippen LogP contribution in [0.2, 0.25) is 0 Å². The van der Waals surface area contributed by atoms with Crippen molar-refractivity contribution in [1.82, 2.24) is 10.6 Å². The number of halogens is 4. The minimum atomic E-state index is -4.98. The van der Waals surface area contributed by atoms with E-state index in [0.29, 0.717) is 17.7 Å². The van der Waals surface area contributed by atoms with Crippen LogP contribution in [0.4, 0.5) is 17.6 Å². The molecule has 0 aliphatic carbocycles. The van der Waals surface area contributed by atoms with Crippen molar-refractivity contribution < 1.29 is 31.9 Å². The number of hydrogen-bond donors (Lipinski definition) is 2. The fourth-order valence-corrected chi connectivity index (χ4v) is 2.56. The molecule has 9 heteroatoms. The van der Waals surface area contributed by atoms with Gasteiger partial charge in [-0.25, -0.2) is 4.39 Å². The van der Waals surface area contributed by atoms with Gasteiger partial charge in [-0.3, -0.25) is 14.4 Å². The number of ketones is 1. The smallest absolute Gasteiger partial charge is 0.353 e. The molecule has 2 aromatic carbocycles. The molecule has 0 radical (unpaired) electrons. The van der Waals surface area contributed by atoms with Crippen molar-refractivity contribution in [2.45, 2.75) is 18.6 Å². The first kappa shape index (κ1) is 21.1. The van der Waals surface area contributed by atoms with E-state index in [-0.39, 0.29) is 6.42 Å². The SMILES string of the molecule is CNC(=O)C(=O)C(Cc1ccccc1)NC(=O)c1c(F)cccc1C(F)(F)F. The summed E-state index contributed by atoms with van der Waals surface area (Å²) in [6.07, 6.45) is -5.14. The van der Waals surface area contributed by atoms with Gasteiger partial charge in [-0.1, -0.05) is 36.4 Å². The maximum absolute atomic E-state index is 14.0. The van der Waals surface area contributed by atoms with E-state index < -0.39 is 46.8 Å². The van der Waals surface area contributed by atoms with Gasteiger partial charge in [0, 0.05) is 13.5 Å². The van der Waals surface area contributed by atoms with E-state index in [4.69, 9.17) is 0 Å². The first-order valence-corrected chi connectivity index (χ1v) is 8.11. The van der Waals surface area contributed by atoms with Crippen molar-refractivity contribution in [3.05, 3.63) is 71.0 Å². The molecule has 148 valence electrons. The highest BCUT2D eigenvalue weighted by Gasteiger charge is 2.38. The van der Waals surface area contributed by atoms with Crippen LogP contribution >= 0.6 is 0 Å². The largest absolute Gasteiger partial charge is 0.417 e. The molecule has 0 aliphatic heterocycles. The third kappa shape index (κ3) is 4.93. The Morgan fingerprint density at radius 2 is 1.64 bits per heavy atom. The highest BCUT2D eigenvalue weighted by molar-refractivity contribution is 6.38. The summed E-state index contributed by atoms with van der Waals surface area (Å²) in [4.78, 5) is 36.4. The molecule has 2 N–H and O–H groups in total. The van der Waals surface area contributed by atoms with Crippen LogP contribution in [0.25, 0.3) is 0 Å². The van der Waals surface area contributed by atoms with E-state index in [2.05, 4.69) is 10.6 Å². The molecule has 0 bridgehead atoms. The van der Waals surface area contributed by atoms with Gasteiger partial charge in [0.15, 0.2) is 0 Å². The Hall–Kier alpha value is -3.23. The number of alkyl halides is 3. The topological polar surface area (TPSA) is 75.3 Å². The average Bonchev–Trinajstić information content (AvgIpc) is 2.66. The number of Topliss-reactive ketones (excluding diaryl/α,β-unsaturated/α-hetero) is 1. The molecule has 0 heterocycles. The first-order chi connectivity index (χ1) is 13.1. The molecule has 0 fully saturated rings. The van der Waals surface area contributed by atoms with E-state index in [1.165, 1.54) is 7.05 Å². The Kier molecular flexibility index (Phi) is 6.50. The number of hydrogen-bond acceptors (Lipinski definition) is 3. The lowest BCUT2D eigenvalue weighted by Gasteiger charge is -2.19. The summed E-state index contributed by atoms with van der Waals surface area (Å²) in [6.45, 7) is 0. The zero-order valence-electron chi connectivity index (χ0n) is 14.6. The molecule has 0 saturated carbocycles. The summed E-state index contributed by atoms with van der Waals surface area (Å²) in [6, 6.07) is 8.84. The summed E-state index contributed by atoms with van der Waals surface area (Å²) >= 11 is 0. The van der Waals surface area contributed by atoms with Gasteiger partial charge in [-0.2, -0.15) is 13.2 Å². The van der Waals surface area contributed by atoms with Crippen molar-refractivity contribution in [3.8, 4) is 0 Å². The summed E-state index contributed by atoms with van der Waals surface area (Å²) in [5.74, 6) is -4.93. The Morgan fingerprint density at radius 1 is 1.00 bits per heavy atom. The van der Waals surface area contributed by atoms with Crippen LogP contribution in [-0.4, -0.2) is 30.7 Å². The van der Waals surface area contributed by atoms with Crippen LogP contribution < -0.4 is 10.6 Å². The number of likely N-dealkylation sites (N-methyl/N-ethyl adjacent to an activating group) is 1. The molecule has 2 aromatic rings. The first-order valence-electron chi connectivity index (χ1n) is 8.11. The second-order valence-electron chi connectivity index (χ2n) is 5.82. The molecular formula is C19H16F4N2O3. The summed E-state index contributed by atoms with van der Waals surface area (Å²) in [5.41, 5.74) is -2.16. The monoisotopic (exact) mass is 396 g/mol. The van der Waals surface area contributed by atoms with Gasteiger partial charge in [0.2, 0.25) is 5.78 Å². The van der Waals surface area contributed by atoms with Crippen LogP contribution in [-0.2, 0) is 22.2 Å². The molecule has 2 amide bonds. The highest BCUT2D eigenvalue weighted by atomic mass is 19.4. The standard InChI is InChI=1S/C19H16F4N2O3/c1-24-18(28)16(26)14(10-11-6-3-2-4-7-11)25-17(27)15-12(19(21,22)23)8-5-9-13(15)20/h2-9,14H,10H2,1H3,(H,24,28)(H,25,27). The molecule has 1 unspecified atom stereocenters. The zero-order chi connectivity index (χ0) is 20.9. The van der Waals surface area contributed by atoms with Crippen molar-refractivity contribution >= 4 is 17.6 Å². The molecule has 0 aliphatic rings. The average molecular weight is 396 g/mol. The summed E-state index contributed by atoms with van der Waals surface area (Å²) in [7, 11) is 1.19. The second-order valence-corrected chi connectivity index (χ2v) is 5.82. The van der Waals surface area contributed by atoms with E-state index in [1.54, 1.807) is 30.3 Å². The number of rotatable bonds is 6. The number of nitrogens with one attached hydrogen (secondary N) is 2. The predicted molar refractivity (Wildman–Crippen MR) is 91.9 cm³/mol. The number of amides is 2. The van der Waals surface area contributed by atoms with Gasteiger partial charge in [-0.15, -0.1) is 0 Å². The Labute approximate surface area is 157 Å². The Balaban J connectivity index is 2.38. The minimum Gasteiger partial charge on any atom is -0.353 e. The minimum absolute atomic E-state index is 0.158. The molecule has 0 spiro atoms. The van der Waals surface area contributed by atoms with Gasteiger partial charge in [0.1, 0.15) is 11.9 Å². The fraction of sp³-hybridized carbons (Fsp3) is 0.211. The molecule has 0 aromatic heterocycles. The Bertz CT molecular complexity index is 882. The Morgan fingerprint density at radius 3 is 2.21 bits per heavy atom. The lowest BCUT2D eigenvalue weighted by atomic mass is 10.00. The van der Waals surface area contributed by atoms with Gasteiger partial charge in [0.05, 0.1) is 11.1 Å². The van der Waals surface area contributed by atoms with Crippen LogP contribution in [0.5, 0.6) is 0 Å². The van der Waals surface area contributed by atoms with Crippen molar-refractivity contribution in [1.29, 1.82) is 0 Å². The van der Waals surface area contributed by atoms with E-state index in [0.717, 1.165) is 6.07 Å². The van der Waals surface area contributed by atoms with Crippen LogP contribution in [0, 0.1) is 5.82 Å². The lowest BCUT2D eigenvalue weighted by Crippen LogP contribution is -2.48. The highest BCUT2D eigenvalue weighted by Crippen LogP contribution is 2.33. The molecule has 1 atom stereocenters. The van der Waals surface area contributed by atoms with Crippen LogP contribution in [0.15, 0.2) is 48.5 Å². The van der Waals surface area contributed by atoms with Crippen LogP contribution in [0.3, 0.4) is 0 Å². The molecule has 0 saturated heterocycles. The van der Waals surface area contributed by atoms with Crippen molar-refractivity contribution in [2.75, 3.05) is 7.05 Å². The van der Waals surface area contributed by atoms with E-state index in [1.807, 2.05) is 0 Å². The second kappa shape index (κ2) is 8.64.